The molecule has 0 aromatic heterocycles. The summed E-state index contributed by atoms with van der Waals surface area (Å²) in [6.45, 7) is 1.98. The van der Waals surface area contributed by atoms with E-state index < -0.39 is 5.92 Å². The highest BCUT2D eigenvalue weighted by molar-refractivity contribution is 5.77. The summed E-state index contributed by atoms with van der Waals surface area (Å²) in [5, 5.41) is 0. The SMILES string of the molecule is Cc1ccccc1C1=CCC(F)(F)C=C1. The average molecular weight is 206 g/mol. The first-order chi connectivity index (χ1) is 7.08. The minimum atomic E-state index is -2.67. The monoisotopic (exact) mass is 206 g/mol. The second-order valence-electron chi connectivity index (χ2n) is 3.77. The third-order valence-electron chi connectivity index (χ3n) is 2.56. The van der Waals surface area contributed by atoms with Crippen molar-refractivity contribution in [2.45, 2.75) is 19.3 Å². The van der Waals surface area contributed by atoms with E-state index in [1.54, 1.807) is 6.08 Å². The summed E-state index contributed by atoms with van der Waals surface area (Å²) >= 11 is 0. The van der Waals surface area contributed by atoms with Crippen molar-refractivity contribution in [1.82, 2.24) is 0 Å². The lowest BCUT2D eigenvalue weighted by Gasteiger charge is -2.16. The van der Waals surface area contributed by atoms with Crippen LogP contribution in [0, 0.1) is 6.92 Å². The van der Waals surface area contributed by atoms with Gasteiger partial charge >= 0.3 is 0 Å². The van der Waals surface area contributed by atoms with Gasteiger partial charge in [0.15, 0.2) is 0 Å². The molecular weight excluding hydrogens is 194 g/mol. The molecule has 0 N–H and O–H groups in total. The summed E-state index contributed by atoms with van der Waals surface area (Å²) in [5.74, 6) is -2.67. The molecule has 1 aliphatic carbocycles. The normalized spacial score (nSPS) is 18.7. The van der Waals surface area contributed by atoms with E-state index in [1.807, 2.05) is 31.2 Å². The summed E-state index contributed by atoms with van der Waals surface area (Å²) in [6, 6.07) is 7.80. The molecule has 0 saturated carbocycles. The van der Waals surface area contributed by atoms with Crippen LogP contribution in [0.1, 0.15) is 17.5 Å². The second kappa shape index (κ2) is 3.61. The van der Waals surface area contributed by atoms with Gasteiger partial charge in [-0.05, 0) is 29.7 Å². The number of aryl methyl sites for hydroxylation is 1. The van der Waals surface area contributed by atoms with E-state index in [0.717, 1.165) is 22.8 Å². The third kappa shape index (κ3) is 2.14. The third-order valence-corrected chi connectivity index (χ3v) is 2.56. The quantitative estimate of drug-likeness (QED) is 0.652. The van der Waals surface area contributed by atoms with Crippen LogP contribution in [0.15, 0.2) is 42.5 Å². The van der Waals surface area contributed by atoms with Crippen LogP contribution in [0.25, 0.3) is 5.57 Å². The van der Waals surface area contributed by atoms with Crippen molar-refractivity contribution in [3.05, 3.63) is 53.6 Å². The van der Waals surface area contributed by atoms with Crippen molar-refractivity contribution in [2.75, 3.05) is 0 Å². The standard InChI is InChI=1S/C13H12F2/c1-10-4-2-3-5-12(10)11-6-8-13(14,15)9-7-11/h2-8H,9H2,1H3. The highest BCUT2D eigenvalue weighted by Gasteiger charge is 2.26. The van der Waals surface area contributed by atoms with E-state index in [0.29, 0.717) is 0 Å². The van der Waals surface area contributed by atoms with Gasteiger partial charge in [-0.1, -0.05) is 36.4 Å². The molecule has 0 amide bonds. The lowest BCUT2D eigenvalue weighted by Crippen LogP contribution is -2.13. The molecule has 0 spiro atoms. The molecule has 1 aromatic rings. The Morgan fingerprint density at radius 1 is 1.20 bits per heavy atom. The molecule has 0 aliphatic heterocycles. The maximum Gasteiger partial charge on any atom is 0.270 e. The zero-order valence-corrected chi connectivity index (χ0v) is 8.50. The van der Waals surface area contributed by atoms with Crippen molar-refractivity contribution < 1.29 is 8.78 Å². The molecule has 1 aromatic carbocycles. The van der Waals surface area contributed by atoms with Gasteiger partial charge in [0.2, 0.25) is 0 Å². The molecule has 1 aliphatic rings. The number of hydrogen-bond acceptors (Lipinski definition) is 0. The van der Waals surface area contributed by atoms with Crippen LogP contribution >= 0.6 is 0 Å². The van der Waals surface area contributed by atoms with Crippen LogP contribution < -0.4 is 0 Å². The highest BCUT2D eigenvalue weighted by atomic mass is 19.3. The van der Waals surface area contributed by atoms with Crippen molar-refractivity contribution in [3.63, 3.8) is 0 Å². The molecule has 0 bridgehead atoms. The Bertz CT molecular complexity index is 428. The van der Waals surface area contributed by atoms with Crippen LogP contribution in [-0.4, -0.2) is 5.92 Å². The number of halogens is 2. The molecule has 0 fully saturated rings. The van der Waals surface area contributed by atoms with Crippen molar-refractivity contribution in [1.29, 1.82) is 0 Å². The predicted molar refractivity (Wildman–Crippen MR) is 57.9 cm³/mol. The number of hydrogen-bond donors (Lipinski definition) is 0. The van der Waals surface area contributed by atoms with Crippen LogP contribution in [0.2, 0.25) is 0 Å². The van der Waals surface area contributed by atoms with Crippen LogP contribution in [0.3, 0.4) is 0 Å². The highest BCUT2D eigenvalue weighted by Crippen LogP contribution is 2.31. The number of allylic oxidation sites excluding steroid dienone is 4. The van der Waals surface area contributed by atoms with Gasteiger partial charge in [0, 0.05) is 6.42 Å². The Hall–Kier alpha value is -1.44. The summed E-state index contributed by atoms with van der Waals surface area (Å²) in [7, 11) is 0. The van der Waals surface area contributed by atoms with Gasteiger partial charge in [0.25, 0.3) is 5.92 Å². The van der Waals surface area contributed by atoms with Crippen LogP contribution in [-0.2, 0) is 0 Å². The van der Waals surface area contributed by atoms with Crippen molar-refractivity contribution >= 4 is 5.57 Å². The fourth-order valence-corrected chi connectivity index (χ4v) is 1.69. The molecule has 2 heteroatoms. The fraction of sp³-hybridized carbons (Fsp3) is 0.231. The van der Waals surface area contributed by atoms with Gasteiger partial charge < -0.3 is 0 Å². The lowest BCUT2D eigenvalue weighted by atomic mass is 9.95. The Labute approximate surface area is 87.9 Å². The first-order valence-corrected chi connectivity index (χ1v) is 4.92. The average Bonchev–Trinajstić information content (AvgIpc) is 2.19. The first kappa shape index (κ1) is 10.1. The Balaban J connectivity index is 2.32. The van der Waals surface area contributed by atoms with Gasteiger partial charge in [0.1, 0.15) is 0 Å². The van der Waals surface area contributed by atoms with Gasteiger partial charge in [0.05, 0.1) is 0 Å². The van der Waals surface area contributed by atoms with E-state index in [1.165, 1.54) is 6.08 Å². The largest absolute Gasteiger partial charge is 0.270 e. The molecule has 0 atom stereocenters. The minimum Gasteiger partial charge on any atom is -0.202 e. The maximum absolute atomic E-state index is 12.9. The molecule has 0 nitrogen and oxygen atoms in total. The maximum atomic E-state index is 12.9. The van der Waals surface area contributed by atoms with Crippen molar-refractivity contribution in [3.8, 4) is 0 Å². The Morgan fingerprint density at radius 2 is 1.93 bits per heavy atom. The molecule has 0 saturated heterocycles. The zero-order chi connectivity index (χ0) is 10.9. The van der Waals surface area contributed by atoms with E-state index >= 15 is 0 Å². The number of alkyl halides is 2. The van der Waals surface area contributed by atoms with E-state index in [9.17, 15) is 8.78 Å². The molecular formula is C13H12F2. The van der Waals surface area contributed by atoms with E-state index in [-0.39, 0.29) is 6.42 Å². The predicted octanol–water partition coefficient (Wildman–Crippen LogP) is 3.97. The molecule has 78 valence electrons. The zero-order valence-electron chi connectivity index (χ0n) is 8.50. The smallest absolute Gasteiger partial charge is 0.202 e. The lowest BCUT2D eigenvalue weighted by molar-refractivity contribution is 0.0579. The second-order valence-corrected chi connectivity index (χ2v) is 3.77. The topological polar surface area (TPSA) is 0 Å². The van der Waals surface area contributed by atoms with Crippen LogP contribution in [0.4, 0.5) is 8.78 Å². The van der Waals surface area contributed by atoms with Gasteiger partial charge in [-0.2, -0.15) is 0 Å². The van der Waals surface area contributed by atoms with Gasteiger partial charge in [-0.15, -0.1) is 0 Å². The van der Waals surface area contributed by atoms with E-state index in [2.05, 4.69) is 0 Å². The molecule has 0 unspecified atom stereocenters. The molecule has 0 radical (unpaired) electrons. The van der Waals surface area contributed by atoms with Crippen molar-refractivity contribution in [2.24, 2.45) is 0 Å². The minimum absolute atomic E-state index is 0.201. The summed E-state index contributed by atoms with van der Waals surface area (Å²) in [6.07, 6.45) is 3.89. The first-order valence-electron chi connectivity index (χ1n) is 4.92. The molecule has 0 heterocycles. The summed E-state index contributed by atoms with van der Waals surface area (Å²) in [4.78, 5) is 0. The summed E-state index contributed by atoms with van der Waals surface area (Å²) in [5.41, 5.74) is 3.03. The molecule has 2 rings (SSSR count). The Morgan fingerprint density at radius 3 is 2.53 bits per heavy atom. The Kier molecular flexibility index (Phi) is 2.43. The number of benzene rings is 1. The van der Waals surface area contributed by atoms with Crippen LogP contribution in [0.5, 0.6) is 0 Å². The van der Waals surface area contributed by atoms with Gasteiger partial charge in [-0.25, -0.2) is 8.78 Å². The molecule has 15 heavy (non-hydrogen) atoms. The van der Waals surface area contributed by atoms with E-state index in [4.69, 9.17) is 0 Å². The number of rotatable bonds is 1. The fourth-order valence-electron chi connectivity index (χ4n) is 1.69. The summed E-state index contributed by atoms with van der Waals surface area (Å²) < 4.78 is 25.7. The van der Waals surface area contributed by atoms with Gasteiger partial charge in [-0.3, -0.25) is 0 Å².